The highest BCUT2D eigenvalue weighted by Crippen LogP contribution is 2.31. The van der Waals surface area contributed by atoms with E-state index in [1.807, 2.05) is 37.3 Å². The highest BCUT2D eigenvalue weighted by Gasteiger charge is 2.22. The van der Waals surface area contributed by atoms with Gasteiger partial charge in [-0.25, -0.2) is 4.79 Å². The molecule has 0 aliphatic carbocycles. The molecule has 0 bridgehead atoms. The summed E-state index contributed by atoms with van der Waals surface area (Å²) in [5.74, 6) is -2.17. The van der Waals surface area contributed by atoms with E-state index in [4.69, 9.17) is 0 Å². The Kier molecular flexibility index (Phi) is 4.65. The molecule has 21 heavy (non-hydrogen) atoms. The zero-order valence-corrected chi connectivity index (χ0v) is 12.5. The summed E-state index contributed by atoms with van der Waals surface area (Å²) in [6, 6.07) is 11.4. The number of methoxy groups -OCH3 is 1. The van der Waals surface area contributed by atoms with Crippen LogP contribution < -0.4 is 0 Å². The first-order valence-electron chi connectivity index (χ1n) is 6.33. The van der Waals surface area contributed by atoms with E-state index in [1.54, 1.807) is 6.07 Å². The third-order valence-corrected chi connectivity index (χ3v) is 4.11. The van der Waals surface area contributed by atoms with Gasteiger partial charge < -0.3 is 4.74 Å². The van der Waals surface area contributed by atoms with Gasteiger partial charge in [0.1, 0.15) is 0 Å². The summed E-state index contributed by atoms with van der Waals surface area (Å²) in [7, 11) is 1.12. The minimum Gasteiger partial charge on any atom is -0.463 e. The zero-order chi connectivity index (χ0) is 15.4. The lowest BCUT2D eigenvalue weighted by atomic mass is 10.1. The molecular formula is C16H14O4S. The first-order valence-corrected chi connectivity index (χ1v) is 7.14. The second-order valence-corrected chi connectivity index (χ2v) is 5.72. The van der Waals surface area contributed by atoms with Crippen LogP contribution in [0.5, 0.6) is 0 Å². The molecule has 0 amide bonds. The number of hydrogen-bond acceptors (Lipinski definition) is 5. The molecule has 4 nitrogen and oxygen atoms in total. The van der Waals surface area contributed by atoms with E-state index in [1.165, 1.54) is 11.3 Å². The molecule has 0 radical (unpaired) electrons. The average molecular weight is 302 g/mol. The summed E-state index contributed by atoms with van der Waals surface area (Å²) in [5, 5.41) is 0. The number of ether oxygens (including phenoxy) is 1. The van der Waals surface area contributed by atoms with Crippen molar-refractivity contribution >= 4 is 28.9 Å². The number of Topliss-reactive ketones (excluding diaryl/α,β-unsaturated/α-hetero) is 2. The summed E-state index contributed by atoms with van der Waals surface area (Å²) >= 11 is 1.49. The fraction of sp³-hybridized carbons (Fsp3) is 0.188. The Morgan fingerprint density at radius 1 is 1.14 bits per heavy atom. The first-order chi connectivity index (χ1) is 10.0. The summed E-state index contributed by atoms with van der Waals surface area (Å²) in [6.07, 6.45) is -0.460. The monoisotopic (exact) mass is 302 g/mol. The Morgan fingerprint density at radius 2 is 1.81 bits per heavy atom. The lowest BCUT2D eigenvalue weighted by molar-refractivity contribution is -0.151. The van der Waals surface area contributed by atoms with Crippen molar-refractivity contribution in [3.63, 3.8) is 0 Å². The lowest BCUT2D eigenvalue weighted by Crippen LogP contribution is -2.19. The van der Waals surface area contributed by atoms with Gasteiger partial charge in [0, 0.05) is 15.3 Å². The predicted molar refractivity (Wildman–Crippen MR) is 80.5 cm³/mol. The van der Waals surface area contributed by atoms with Crippen molar-refractivity contribution in [3.8, 4) is 10.4 Å². The van der Waals surface area contributed by atoms with Crippen molar-refractivity contribution in [3.05, 3.63) is 46.8 Å². The smallest absolute Gasteiger partial charge is 0.374 e. The summed E-state index contributed by atoms with van der Waals surface area (Å²) in [4.78, 5) is 36.4. The highest BCUT2D eigenvalue weighted by atomic mass is 32.1. The van der Waals surface area contributed by atoms with Gasteiger partial charge in [-0.1, -0.05) is 30.3 Å². The number of aryl methyl sites for hydroxylation is 1. The summed E-state index contributed by atoms with van der Waals surface area (Å²) in [6.45, 7) is 1.83. The molecule has 0 N–H and O–H groups in total. The molecule has 1 aromatic carbocycles. The van der Waals surface area contributed by atoms with E-state index in [2.05, 4.69) is 4.74 Å². The van der Waals surface area contributed by atoms with E-state index >= 15 is 0 Å². The van der Waals surface area contributed by atoms with Gasteiger partial charge >= 0.3 is 5.97 Å². The normalized spacial score (nSPS) is 10.2. The van der Waals surface area contributed by atoms with Crippen LogP contribution >= 0.6 is 11.3 Å². The Morgan fingerprint density at radius 3 is 2.43 bits per heavy atom. The molecule has 0 saturated carbocycles. The van der Waals surface area contributed by atoms with Gasteiger partial charge in [-0.05, 0) is 18.6 Å². The Balaban J connectivity index is 2.22. The minimum absolute atomic E-state index is 0.360. The second kappa shape index (κ2) is 6.45. The van der Waals surface area contributed by atoms with Crippen molar-refractivity contribution in [2.24, 2.45) is 0 Å². The molecule has 2 rings (SSSR count). The SMILES string of the molecule is COC(=O)C(=O)CC(=O)c1cc(-c2ccccc2)sc1C. The Bertz CT molecular complexity index is 686. The van der Waals surface area contributed by atoms with Gasteiger partial charge in [0.25, 0.3) is 0 Å². The summed E-state index contributed by atoms with van der Waals surface area (Å²) < 4.78 is 4.32. The number of benzene rings is 1. The van der Waals surface area contributed by atoms with Gasteiger partial charge in [0.2, 0.25) is 5.78 Å². The number of thiophene rings is 1. The molecule has 0 aliphatic heterocycles. The molecule has 0 unspecified atom stereocenters. The van der Waals surface area contributed by atoms with Gasteiger partial charge in [-0.15, -0.1) is 11.3 Å². The predicted octanol–water partition coefficient (Wildman–Crippen LogP) is 3.04. The molecule has 0 atom stereocenters. The van der Waals surface area contributed by atoms with Gasteiger partial charge in [0.15, 0.2) is 5.78 Å². The standard InChI is InChI=1S/C16H14O4S/c1-10-12(13(17)9-14(18)16(19)20-2)8-15(21-10)11-6-4-3-5-7-11/h3-8H,9H2,1-2H3. The van der Waals surface area contributed by atoms with E-state index in [-0.39, 0.29) is 5.78 Å². The van der Waals surface area contributed by atoms with Crippen LogP contribution in [0.25, 0.3) is 10.4 Å². The van der Waals surface area contributed by atoms with Gasteiger partial charge in [-0.2, -0.15) is 0 Å². The van der Waals surface area contributed by atoms with Crippen molar-refractivity contribution in [2.75, 3.05) is 7.11 Å². The van der Waals surface area contributed by atoms with Crippen LogP contribution in [-0.4, -0.2) is 24.6 Å². The number of ketones is 2. The van der Waals surface area contributed by atoms with Crippen LogP contribution in [0.2, 0.25) is 0 Å². The fourth-order valence-corrected chi connectivity index (χ4v) is 2.97. The van der Waals surface area contributed by atoms with Crippen molar-refractivity contribution < 1.29 is 19.1 Å². The molecular weight excluding hydrogens is 288 g/mol. The van der Waals surface area contributed by atoms with Crippen LogP contribution in [0.15, 0.2) is 36.4 Å². The van der Waals surface area contributed by atoms with Gasteiger partial charge in [-0.3, -0.25) is 9.59 Å². The Hall–Kier alpha value is -2.27. The number of hydrogen-bond donors (Lipinski definition) is 0. The highest BCUT2D eigenvalue weighted by molar-refractivity contribution is 7.15. The van der Waals surface area contributed by atoms with Crippen LogP contribution in [0.4, 0.5) is 0 Å². The first kappa shape index (κ1) is 15.1. The quantitative estimate of drug-likeness (QED) is 0.369. The molecule has 108 valence electrons. The fourth-order valence-electron chi connectivity index (χ4n) is 1.93. The zero-order valence-electron chi connectivity index (χ0n) is 11.7. The topological polar surface area (TPSA) is 60.4 Å². The molecule has 5 heteroatoms. The van der Waals surface area contributed by atoms with Crippen LogP contribution in [-0.2, 0) is 14.3 Å². The van der Waals surface area contributed by atoms with E-state index in [9.17, 15) is 14.4 Å². The third-order valence-electron chi connectivity index (χ3n) is 3.01. The number of carbonyl (C=O) groups is 3. The van der Waals surface area contributed by atoms with Crippen LogP contribution in [0, 0.1) is 6.92 Å². The average Bonchev–Trinajstić information content (AvgIpc) is 2.89. The molecule has 0 fully saturated rings. The third kappa shape index (κ3) is 3.44. The maximum absolute atomic E-state index is 12.1. The van der Waals surface area contributed by atoms with Gasteiger partial charge in [0.05, 0.1) is 13.5 Å². The number of esters is 1. The molecule has 1 heterocycles. The lowest BCUT2D eigenvalue weighted by Gasteiger charge is -1.98. The molecule has 1 aromatic heterocycles. The van der Waals surface area contributed by atoms with Crippen molar-refractivity contribution in [1.82, 2.24) is 0 Å². The largest absolute Gasteiger partial charge is 0.463 e. The van der Waals surface area contributed by atoms with Crippen molar-refractivity contribution in [1.29, 1.82) is 0 Å². The summed E-state index contributed by atoms with van der Waals surface area (Å²) in [5.41, 5.74) is 1.50. The van der Waals surface area contributed by atoms with E-state index < -0.39 is 18.2 Å². The van der Waals surface area contributed by atoms with E-state index in [0.717, 1.165) is 22.4 Å². The van der Waals surface area contributed by atoms with Crippen molar-refractivity contribution in [2.45, 2.75) is 13.3 Å². The molecule has 2 aromatic rings. The number of rotatable bonds is 5. The molecule has 0 spiro atoms. The maximum Gasteiger partial charge on any atom is 0.374 e. The maximum atomic E-state index is 12.1. The Labute approximate surface area is 126 Å². The molecule has 0 saturated heterocycles. The van der Waals surface area contributed by atoms with E-state index in [0.29, 0.717) is 5.56 Å². The second-order valence-electron chi connectivity index (χ2n) is 4.46. The number of carbonyl (C=O) groups excluding carboxylic acids is 3. The minimum atomic E-state index is -0.987. The van der Waals surface area contributed by atoms with Crippen LogP contribution in [0.1, 0.15) is 21.7 Å². The molecule has 0 aliphatic rings. The van der Waals surface area contributed by atoms with Crippen LogP contribution in [0.3, 0.4) is 0 Å².